The molecule has 1 atom stereocenters. The molecule has 0 bridgehead atoms. The number of piperazine rings is 1. The summed E-state index contributed by atoms with van der Waals surface area (Å²) in [6.45, 7) is 6.65. The van der Waals surface area contributed by atoms with Crippen molar-refractivity contribution in [3.63, 3.8) is 0 Å². The molecule has 0 aliphatic carbocycles. The fourth-order valence-corrected chi connectivity index (χ4v) is 2.30. The van der Waals surface area contributed by atoms with Gasteiger partial charge in [-0.2, -0.15) is 0 Å². The standard InChI is InChI=1S/C12H17N3O2/c1-9-8-14(7-6-13-9)11-4-3-5-12(10(11)2)15(16)17/h3-5,9,13H,6-8H2,1-2H3. The van der Waals surface area contributed by atoms with Crippen molar-refractivity contribution in [2.75, 3.05) is 24.5 Å². The van der Waals surface area contributed by atoms with Crippen LogP contribution in [0.1, 0.15) is 12.5 Å². The van der Waals surface area contributed by atoms with E-state index in [1.807, 2.05) is 13.0 Å². The van der Waals surface area contributed by atoms with Crippen LogP contribution in [0, 0.1) is 17.0 Å². The number of benzene rings is 1. The molecule has 1 N–H and O–H groups in total. The zero-order valence-electron chi connectivity index (χ0n) is 10.1. The van der Waals surface area contributed by atoms with Gasteiger partial charge >= 0.3 is 0 Å². The first-order valence-corrected chi connectivity index (χ1v) is 5.82. The quantitative estimate of drug-likeness (QED) is 0.626. The first kappa shape index (κ1) is 11.9. The van der Waals surface area contributed by atoms with Crippen molar-refractivity contribution in [2.45, 2.75) is 19.9 Å². The monoisotopic (exact) mass is 235 g/mol. The summed E-state index contributed by atoms with van der Waals surface area (Å²) >= 11 is 0. The van der Waals surface area contributed by atoms with E-state index in [0.717, 1.165) is 30.9 Å². The van der Waals surface area contributed by atoms with E-state index in [1.54, 1.807) is 12.1 Å². The Morgan fingerprint density at radius 3 is 2.94 bits per heavy atom. The lowest BCUT2D eigenvalue weighted by Gasteiger charge is -2.34. The summed E-state index contributed by atoms with van der Waals surface area (Å²) < 4.78 is 0. The van der Waals surface area contributed by atoms with Crippen LogP contribution in [0.3, 0.4) is 0 Å². The van der Waals surface area contributed by atoms with E-state index in [2.05, 4.69) is 17.1 Å². The number of nitro groups is 1. The summed E-state index contributed by atoms with van der Waals surface area (Å²) in [5, 5.41) is 14.3. The van der Waals surface area contributed by atoms with Gasteiger partial charge in [-0.3, -0.25) is 10.1 Å². The third kappa shape index (κ3) is 2.39. The van der Waals surface area contributed by atoms with E-state index in [0.29, 0.717) is 6.04 Å². The van der Waals surface area contributed by atoms with Crippen LogP contribution in [-0.4, -0.2) is 30.6 Å². The Morgan fingerprint density at radius 2 is 2.29 bits per heavy atom. The molecule has 1 heterocycles. The van der Waals surface area contributed by atoms with Gasteiger partial charge in [-0.15, -0.1) is 0 Å². The van der Waals surface area contributed by atoms with E-state index in [1.165, 1.54) is 0 Å². The largest absolute Gasteiger partial charge is 0.368 e. The molecule has 0 amide bonds. The summed E-state index contributed by atoms with van der Waals surface area (Å²) in [7, 11) is 0. The molecule has 1 unspecified atom stereocenters. The van der Waals surface area contributed by atoms with Gasteiger partial charge < -0.3 is 10.2 Å². The molecular formula is C12H17N3O2. The number of nitrogens with one attached hydrogen (secondary N) is 1. The number of hydrogen-bond donors (Lipinski definition) is 1. The summed E-state index contributed by atoms with van der Waals surface area (Å²) in [5.74, 6) is 0. The first-order chi connectivity index (χ1) is 8.09. The average Bonchev–Trinajstić information content (AvgIpc) is 2.29. The van der Waals surface area contributed by atoms with Gasteiger partial charge in [-0.25, -0.2) is 0 Å². The highest BCUT2D eigenvalue weighted by Gasteiger charge is 2.21. The molecule has 0 radical (unpaired) electrons. The smallest absolute Gasteiger partial charge is 0.274 e. The van der Waals surface area contributed by atoms with E-state index in [4.69, 9.17) is 0 Å². The van der Waals surface area contributed by atoms with Crippen molar-refractivity contribution in [3.8, 4) is 0 Å². The van der Waals surface area contributed by atoms with Gasteiger partial charge in [0.05, 0.1) is 10.5 Å². The maximum absolute atomic E-state index is 10.9. The zero-order chi connectivity index (χ0) is 12.4. The van der Waals surface area contributed by atoms with E-state index < -0.39 is 0 Å². The molecule has 1 saturated heterocycles. The molecule has 1 aromatic rings. The molecule has 1 aliphatic rings. The van der Waals surface area contributed by atoms with Gasteiger partial charge in [0.25, 0.3) is 5.69 Å². The Balaban J connectivity index is 2.32. The maximum Gasteiger partial charge on any atom is 0.274 e. The zero-order valence-corrected chi connectivity index (χ0v) is 10.1. The lowest BCUT2D eigenvalue weighted by molar-refractivity contribution is -0.385. The van der Waals surface area contributed by atoms with Gasteiger partial charge in [0.2, 0.25) is 0 Å². The van der Waals surface area contributed by atoms with Crippen molar-refractivity contribution < 1.29 is 4.92 Å². The lowest BCUT2D eigenvalue weighted by Crippen LogP contribution is -2.49. The van der Waals surface area contributed by atoms with Crippen molar-refractivity contribution in [1.29, 1.82) is 0 Å². The van der Waals surface area contributed by atoms with Crippen LogP contribution in [0.2, 0.25) is 0 Å². The third-order valence-corrected chi connectivity index (χ3v) is 3.18. The number of rotatable bonds is 2. The molecule has 92 valence electrons. The minimum atomic E-state index is -0.315. The van der Waals surface area contributed by atoms with Crippen LogP contribution in [0.4, 0.5) is 11.4 Å². The normalized spacial score (nSPS) is 20.4. The second-order valence-corrected chi connectivity index (χ2v) is 4.48. The predicted octanol–water partition coefficient (Wildman–Crippen LogP) is 1.70. The molecule has 1 fully saturated rings. The highest BCUT2D eigenvalue weighted by Crippen LogP contribution is 2.28. The van der Waals surface area contributed by atoms with E-state index in [-0.39, 0.29) is 10.6 Å². The summed E-state index contributed by atoms with van der Waals surface area (Å²) in [6.07, 6.45) is 0. The number of nitro benzene ring substituents is 1. The second kappa shape index (κ2) is 4.71. The second-order valence-electron chi connectivity index (χ2n) is 4.48. The van der Waals surface area contributed by atoms with Crippen LogP contribution >= 0.6 is 0 Å². The van der Waals surface area contributed by atoms with Crippen molar-refractivity contribution >= 4 is 11.4 Å². The highest BCUT2D eigenvalue weighted by atomic mass is 16.6. The highest BCUT2D eigenvalue weighted by molar-refractivity contribution is 5.61. The van der Waals surface area contributed by atoms with Crippen LogP contribution < -0.4 is 10.2 Å². The van der Waals surface area contributed by atoms with E-state index >= 15 is 0 Å². The van der Waals surface area contributed by atoms with Crippen LogP contribution in [0.15, 0.2) is 18.2 Å². The fourth-order valence-electron chi connectivity index (χ4n) is 2.30. The van der Waals surface area contributed by atoms with Gasteiger partial charge in [0.15, 0.2) is 0 Å². The minimum Gasteiger partial charge on any atom is -0.368 e. The lowest BCUT2D eigenvalue weighted by atomic mass is 10.1. The molecule has 0 saturated carbocycles. The first-order valence-electron chi connectivity index (χ1n) is 5.82. The van der Waals surface area contributed by atoms with Gasteiger partial charge in [0, 0.05) is 37.4 Å². The molecule has 0 spiro atoms. The van der Waals surface area contributed by atoms with Gasteiger partial charge in [-0.1, -0.05) is 6.07 Å². The van der Waals surface area contributed by atoms with Crippen LogP contribution in [0.5, 0.6) is 0 Å². The molecule has 1 aromatic carbocycles. The number of nitrogens with zero attached hydrogens (tertiary/aromatic N) is 2. The average molecular weight is 235 g/mol. The van der Waals surface area contributed by atoms with Crippen molar-refractivity contribution in [2.24, 2.45) is 0 Å². The van der Waals surface area contributed by atoms with E-state index in [9.17, 15) is 10.1 Å². The molecular weight excluding hydrogens is 218 g/mol. The summed E-state index contributed by atoms with van der Waals surface area (Å²) in [5.41, 5.74) is 1.94. The summed E-state index contributed by atoms with van der Waals surface area (Å²) in [4.78, 5) is 12.8. The molecule has 5 nitrogen and oxygen atoms in total. The predicted molar refractivity (Wildman–Crippen MR) is 67.5 cm³/mol. The SMILES string of the molecule is Cc1c(N2CCNC(C)C2)cccc1[N+](=O)[O-]. The molecule has 5 heteroatoms. The minimum absolute atomic E-state index is 0.202. The summed E-state index contributed by atoms with van der Waals surface area (Å²) in [6, 6.07) is 5.69. The Bertz CT molecular complexity index is 434. The Morgan fingerprint density at radius 1 is 1.53 bits per heavy atom. The van der Waals surface area contributed by atoms with Crippen LogP contribution in [-0.2, 0) is 0 Å². The Labute approximate surface area is 101 Å². The molecule has 2 rings (SSSR count). The van der Waals surface area contributed by atoms with Gasteiger partial charge in [-0.05, 0) is 19.9 Å². The molecule has 1 aliphatic heterocycles. The van der Waals surface area contributed by atoms with Crippen LogP contribution in [0.25, 0.3) is 0 Å². The molecule has 17 heavy (non-hydrogen) atoms. The Kier molecular flexibility index (Phi) is 3.28. The van der Waals surface area contributed by atoms with Gasteiger partial charge in [0.1, 0.15) is 0 Å². The fraction of sp³-hybridized carbons (Fsp3) is 0.500. The number of hydrogen-bond acceptors (Lipinski definition) is 4. The van der Waals surface area contributed by atoms with Crippen molar-refractivity contribution in [1.82, 2.24) is 5.32 Å². The van der Waals surface area contributed by atoms with Crippen molar-refractivity contribution in [3.05, 3.63) is 33.9 Å². The third-order valence-electron chi connectivity index (χ3n) is 3.18. The Hall–Kier alpha value is -1.62. The maximum atomic E-state index is 10.9. The topological polar surface area (TPSA) is 58.4 Å². The molecule has 0 aromatic heterocycles. The number of anilines is 1.